The Kier molecular flexibility index (Phi) is 7.00. The van der Waals surface area contributed by atoms with Crippen molar-refractivity contribution in [3.63, 3.8) is 0 Å². The van der Waals surface area contributed by atoms with Gasteiger partial charge in [0.25, 0.3) is 0 Å². The molecule has 0 saturated heterocycles. The molecule has 0 aromatic heterocycles. The van der Waals surface area contributed by atoms with Crippen molar-refractivity contribution in [1.29, 1.82) is 0 Å². The van der Waals surface area contributed by atoms with E-state index in [2.05, 4.69) is 201 Å². The molecule has 0 spiro atoms. The van der Waals surface area contributed by atoms with Gasteiger partial charge in [-0.25, -0.2) is 0 Å². The number of nitrogens with zero attached hydrogens (tertiary/aromatic N) is 2. The molecule has 0 aliphatic heterocycles. The lowest BCUT2D eigenvalue weighted by Crippen LogP contribution is -2.33. The summed E-state index contributed by atoms with van der Waals surface area (Å²) >= 11 is 0. The Morgan fingerprint density at radius 2 is 0.940 bits per heavy atom. The van der Waals surface area contributed by atoms with E-state index < -0.39 is 0 Å². The molecule has 0 N–H and O–H groups in total. The van der Waals surface area contributed by atoms with Crippen molar-refractivity contribution >= 4 is 34.0 Å². The second-order valence-corrected chi connectivity index (χ2v) is 15.0. The van der Waals surface area contributed by atoms with Gasteiger partial charge in [-0.3, -0.25) is 0 Å². The van der Waals surface area contributed by atoms with Crippen LogP contribution in [0.3, 0.4) is 0 Å². The molecular formula is C48H42N2. The predicted molar refractivity (Wildman–Crippen MR) is 211 cm³/mol. The molecule has 1 atom stereocenters. The van der Waals surface area contributed by atoms with Crippen molar-refractivity contribution in [2.45, 2.75) is 51.0 Å². The highest BCUT2D eigenvalue weighted by molar-refractivity contribution is 5.93. The van der Waals surface area contributed by atoms with Crippen molar-refractivity contribution in [2.24, 2.45) is 0 Å². The second kappa shape index (κ2) is 11.5. The van der Waals surface area contributed by atoms with Gasteiger partial charge in [-0.15, -0.1) is 0 Å². The molecule has 2 heteroatoms. The predicted octanol–water partition coefficient (Wildman–Crippen LogP) is 12.7. The summed E-state index contributed by atoms with van der Waals surface area (Å²) in [6.45, 7) is 9.69. The molecule has 6 aromatic carbocycles. The highest BCUT2D eigenvalue weighted by atomic mass is 15.2. The Morgan fingerprint density at radius 3 is 1.50 bits per heavy atom. The molecule has 50 heavy (non-hydrogen) atoms. The van der Waals surface area contributed by atoms with E-state index in [4.69, 9.17) is 0 Å². The monoisotopic (exact) mass is 646 g/mol. The van der Waals surface area contributed by atoms with Gasteiger partial charge in [0.1, 0.15) is 0 Å². The van der Waals surface area contributed by atoms with E-state index in [9.17, 15) is 0 Å². The number of rotatable bonds is 6. The topological polar surface area (TPSA) is 6.48 Å². The standard InChI is InChI=1S/C48H42N2/c1-47(2)43-29-37(49(33-17-9-5-10-18-33)34-19-11-6-12-20-34)25-27-39(43)41-32-46-42(31-45(41)47)40-28-26-38(30-44(40)48(46,3)4)50(35-21-13-7-14-22-35)36-23-15-8-16-24-36/h5-29,31-32,38H,30H2,1-4H3. The summed E-state index contributed by atoms with van der Waals surface area (Å²) in [7, 11) is 0. The number of hydrogen-bond acceptors (Lipinski definition) is 2. The molecular weight excluding hydrogens is 605 g/mol. The molecule has 2 nitrogen and oxygen atoms in total. The normalized spacial score (nSPS) is 17.5. The first-order chi connectivity index (χ1) is 24.3. The lowest BCUT2D eigenvalue weighted by molar-refractivity contribution is 0.584. The van der Waals surface area contributed by atoms with Gasteiger partial charge >= 0.3 is 0 Å². The first-order valence-corrected chi connectivity index (χ1v) is 17.9. The summed E-state index contributed by atoms with van der Waals surface area (Å²) in [5.41, 5.74) is 17.1. The van der Waals surface area contributed by atoms with Crippen LogP contribution in [0.4, 0.5) is 28.4 Å². The van der Waals surface area contributed by atoms with Crippen molar-refractivity contribution in [3.8, 4) is 11.1 Å². The van der Waals surface area contributed by atoms with Crippen molar-refractivity contribution in [2.75, 3.05) is 9.80 Å². The third kappa shape index (κ3) is 4.70. The minimum Gasteiger partial charge on any atom is -0.334 e. The fourth-order valence-corrected chi connectivity index (χ4v) is 8.84. The molecule has 0 heterocycles. The lowest BCUT2D eigenvalue weighted by atomic mass is 9.76. The molecule has 9 rings (SSSR count). The second-order valence-electron chi connectivity index (χ2n) is 15.0. The fraction of sp³-hybridized carbons (Fsp3) is 0.167. The Balaban J connectivity index is 1.11. The van der Waals surface area contributed by atoms with Gasteiger partial charge in [0.05, 0.1) is 6.04 Å². The highest BCUT2D eigenvalue weighted by Gasteiger charge is 2.44. The molecule has 0 saturated carbocycles. The maximum Gasteiger partial charge on any atom is 0.0563 e. The largest absolute Gasteiger partial charge is 0.334 e. The number of benzene rings is 6. The van der Waals surface area contributed by atoms with E-state index in [1.165, 1.54) is 61.6 Å². The van der Waals surface area contributed by atoms with Crippen LogP contribution in [0.2, 0.25) is 0 Å². The first kappa shape index (κ1) is 30.5. The highest BCUT2D eigenvalue weighted by Crippen LogP contribution is 2.57. The quantitative estimate of drug-likeness (QED) is 0.178. The smallest absolute Gasteiger partial charge is 0.0563 e. The van der Waals surface area contributed by atoms with Crippen LogP contribution in [0.5, 0.6) is 0 Å². The zero-order valence-corrected chi connectivity index (χ0v) is 29.3. The van der Waals surface area contributed by atoms with E-state index in [1.54, 1.807) is 0 Å². The summed E-state index contributed by atoms with van der Waals surface area (Å²) in [6, 6.07) is 55.5. The van der Waals surface area contributed by atoms with Crippen LogP contribution < -0.4 is 9.80 Å². The van der Waals surface area contributed by atoms with Gasteiger partial charge in [0.2, 0.25) is 0 Å². The zero-order valence-electron chi connectivity index (χ0n) is 29.3. The molecule has 0 bridgehead atoms. The van der Waals surface area contributed by atoms with E-state index >= 15 is 0 Å². The SMILES string of the molecule is CC1(C)C2=C(C=CC(N(c3ccccc3)c3ccccc3)C2)c2cc3c(cc21)-c1ccc(N(c2ccccc2)c2ccccc2)cc1C3(C)C. The van der Waals surface area contributed by atoms with Crippen LogP contribution in [0, 0.1) is 0 Å². The molecule has 244 valence electrons. The van der Waals surface area contributed by atoms with Crippen LogP contribution in [0.1, 0.15) is 56.4 Å². The fourth-order valence-electron chi connectivity index (χ4n) is 8.84. The van der Waals surface area contributed by atoms with Gasteiger partial charge in [0, 0.05) is 39.3 Å². The molecule has 0 amide bonds. The van der Waals surface area contributed by atoms with Crippen molar-refractivity contribution in [3.05, 3.63) is 192 Å². The Morgan fingerprint density at radius 1 is 0.460 bits per heavy atom. The molecule has 1 unspecified atom stereocenters. The lowest BCUT2D eigenvalue weighted by Gasteiger charge is -2.37. The Hall–Kier alpha value is -5.60. The number of hydrogen-bond donors (Lipinski definition) is 0. The molecule has 3 aliphatic carbocycles. The minimum atomic E-state index is -0.138. The average molecular weight is 647 g/mol. The van der Waals surface area contributed by atoms with Crippen LogP contribution in [-0.2, 0) is 10.8 Å². The molecule has 0 radical (unpaired) electrons. The average Bonchev–Trinajstić information content (AvgIpc) is 3.51. The summed E-state index contributed by atoms with van der Waals surface area (Å²) in [4.78, 5) is 4.88. The van der Waals surface area contributed by atoms with Gasteiger partial charge in [-0.2, -0.15) is 0 Å². The van der Waals surface area contributed by atoms with Crippen molar-refractivity contribution in [1.82, 2.24) is 0 Å². The van der Waals surface area contributed by atoms with Crippen LogP contribution in [-0.4, -0.2) is 6.04 Å². The summed E-state index contributed by atoms with van der Waals surface area (Å²) < 4.78 is 0. The van der Waals surface area contributed by atoms with E-state index in [1.807, 2.05) is 0 Å². The maximum absolute atomic E-state index is 2.54. The number of para-hydroxylation sites is 4. The third-order valence-electron chi connectivity index (χ3n) is 11.4. The summed E-state index contributed by atoms with van der Waals surface area (Å²) in [6.07, 6.45) is 5.85. The maximum atomic E-state index is 2.54. The van der Waals surface area contributed by atoms with E-state index in [0.717, 1.165) is 17.8 Å². The number of fused-ring (bicyclic) bond motifs is 5. The number of allylic oxidation sites excluding steroid dienone is 2. The van der Waals surface area contributed by atoms with Gasteiger partial charge < -0.3 is 9.80 Å². The third-order valence-corrected chi connectivity index (χ3v) is 11.4. The first-order valence-electron chi connectivity index (χ1n) is 17.9. The molecule has 6 aromatic rings. The van der Waals surface area contributed by atoms with E-state index in [-0.39, 0.29) is 16.9 Å². The summed E-state index contributed by atoms with van der Waals surface area (Å²) in [5.74, 6) is 0. The molecule has 3 aliphatic rings. The van der Waals surface area contributed by atoms with E-state index in [0.29, 0.717) is 0 Å². The van der Waals surface area contributed by atoms with Crippen molar-refractivity contribution < 1.29 is 0 Å². The van der Waals surface area contributed by atoms with Crippen LogP contribution in [0.15, 0.2) is 169 Å². The minimum absolute atomic E-state index is 0.0774. The zero-order chi connectivity index (χ0) is 34.0. The van der Waals surface area contributed by atoms with Gasteiger partial charge in [-0.05, 0) is 124 Å². The van der Waals surface area contributed by atoms with Gasteiger partial charge in [0.15, 0.2) is 0 Å². The van der Waals surface area contributed by atoms with Crippen LogP contribution >= 0.6 is 0 Å². The Labute approximate surface area is 296 Å². The summed E-state index contributed by atoms with van der Waals surface area (Å²) in [5, 5.41) is 0. The Bertz CT molecular complexity index is 2200. The van der Waals surface area contributed by atoms with Crippen LogP contribution in [0.25, 0.3) is 16.7 Å². The molecule has 0 fully saturated rings. The number of anilines is 5. The van der Waals surface area contributed by atoms with Gasteiger partial charge in [-0.1, -0.05) is 119 Å².